The Balaban J connectivity index is 1.41. The molecule has 1 saturated heterocycles. The van der Waals surface area contributed by atoms with Gasteiger partial charge in [0, 0.05) is 25.2 Å². The normalized spacial score (nSPS) is 22.3. The number of pyridine rings is 2. The highest BCUT2D eigenvalue weighted by Gasteiger charge is 2.43. The number of alkyl halides is 6. The fourth-order valence-electron chi connectivity index (χ4n) is 4.94. The molecule has 7 nitrogen and oxygen atoms in total. The van der Waals surface area contributed by atoms with E-state index in [1.54, 1.807) is 0 Å². The predicted octanol–water partition coefficient (Wildman–Crippen LogP) is 5.20. The number of hydrogen-bond acceptors (Lipinski definition) is 6. The molecule has 5 rings (SSSR count). The van der Waals surface area contributed by atoms with Gasteiger partial charge in [-0.1, -0.05) is 11.6 Å². The molecule has 2 fully saturated rings. The van der Waals surface area contributed by atoms with Gasteiger partial charge >= 0.3 is 12.4 Å². The molecule has 1 unspecified atom stereocenters. The maximum absolute atomic E-state index is 14.3. The van der Waals surface area contributed by atoms with Crippen molar-refractivity contribution in [2.45, 2.75) is 31.2 Å². The van der Waals surface area contributed by atoms with E-state index >= 15 is 0 Å². The van der Waals surface area contributed by atoms with Gasteiger partial charge in [0.25, 0.3) is 0 Å². The number of fused-ring (bicyclic) bond motifs is 3. The Morgan fingerprint density at radius 3 is 2.42 bits per heavy atom. The third kappa shape index (κ3) is 4.82. The summed E-state index contributed by atoms with van der Waals surface area (Å²) in [6.45, 7) is -0.791. The molecule has 36 heavy (non-hydrogen) atoms. The van der Waals surface area contributed by atoms with Crippen molar-refractivity contribution in [1.29, 1.82) is 0 Å². The number of nitrogens with zero attached hydrogens (tertiary/aromatic N) is 5. The van der Waals surface area contributed by atoms with E-state index in [9.17, 15) is 30.7 Å². The maximum Gasteiger partial charge on any atom is 0.433 e. The number of aromatic nitrogens is 4. The molecule has 2 bridgehead atoms. The summed E-state index contributed by atoms with van der Waals surface area (Å²) in [5.74, 6) is -1.19. The van der Waals surface area contributed by atoms with Gasteiger partial charge in [-0.25, -0.2) is 13.9 Å². The lowest BCUT2D eigenvalue weighted by Crippen LogP contribution is -2.48. The lowest BCUT2D eigenvalue weighted by Gasteiger charge is -2.39. The summed E-state index contributed by atoms with van der Waals surface area (Å²) in [6, 6.07) is 2.59. The Labute approximate surface area is 204 Å². The minimum atomic E-state index is -4.83. The van der Waals surface area contributed by atoms with Crippen molar-refractivity contribution in [3.63, 3.8) is 0 Å². The van der Waals surface area contributed by atoms with Crippen LogP contribution in [-0.2, 0) is 6.18 Å². The summed E-state index contributed by atoms with van der Waals surface area (Å²) in [6.07, 6.45) is -6.92. The summed E-state index contributed by atoms with van der Waals surface area (Å²) in [5.41, 5.74) is -1.38. The summed E-state index contributed by atoms with van der Waals surface area (Å²) in [5, 5.41) is 7.10. The summed E-state index contributed by atoms with van der Waals surface area (Å²) in [4.78, 5) is 9.60. The number of anilines is 2. The van der Waals surface area contributed by atoms with E-state index in [0.29, 0.717) is 29.4 Å². The first-order valence-corrected chi connectivity index (χ1v) is 11.3. The van der Waals surface area contributed by atoms with Crippen LogP contribution in [0, 0.1) is 17.7 Å². The van der Waals surface area contributed by atoms with Gasteiger partial charge in [-0.05, 0) is 36.8 Å². The second kappa shape index (κ2) is 8.82. The minimum absolute atomic E-state index is 0.00950. The van der Waals surface area contributed by atoms with Crippen LogP contribution >= 0.6 is 11.6 Å². The SMILES string of the molecule is Fc1cnc(Cl)cc1N1C[C@H]2CC[C@@H](C1)C2Nc1nc2c(OCC(F)(F)F)ccc(C(F)(F)F)n2n1. The topological polar surface area (TPSA) is 67.6 Å². The van der Waals surface area contributed by atoms with E-state index in [0.717, 1.165) is 25.1 Å². The average Bonchev–Trinajstić information content (AvgIpc) is 3.29. The first kappa shape index (κ1) is 24.7. The van der Waals surface area contributed by atoms with Crippen LogP contribution in [0.25, 0.3) is 5.65 Å². The van der Waals surface area contributed by atoms with Crippen molar-refractivity contribution in [3.8, 4) is 5.75 Å². The largest absolute Gasteiger partial charge is 0.480 e. The van der Waals surface area contributed by atoms with E-state index < -0.39 is 41.9 Å². The molecule has 3 aromatic rings. The second-order valence-electron chi connectivity index (χ2n) is 8.79. The van der Waals surface area contributed by atoms with Gasteiger partial charge in [-0.3, -0.25) is 0 Å². The zero-order valence-corrected chi connectivity index (χ0v) is 19.0. The van der Waals surface area contributed by atoms with Crippen molar-refractivity contribution in [2.24, 2.45) is 11.8 Å². The Morgan fingerprint density at radius 2 is 1.78 bits per heavy atom. The minimum Gasteiger partial charge on any atom is -0.480 e. The molecule has 0 amide bonds. The molecule has 194 valence electrons. The smallest absolute Gasteiger partial charge is 0.433 e. The van der Waals surface area contributed by atoms with Crippen LogP contribution in [0.15, 0.2) is 24.4 Å². The van der Waals surface area contributed by atoms with Gasteiger partial charge in [0.1, 0.15) is 10.8 Å². The first-order valence-electron chi connectivity index (χ1n) is 10.9. The molecular weight excluding hydrogens is 521 g/mol. The number of rotatable bonds is 5. The van der Waals surface area contributed by atoms with Gasteiger partial charge in [0.15, 0.2) is 23.8 Å². The summed E-state index contributed by atoms with van der Waals surface area (Å²) >= 11 is 5.92. The highest BCUT2D eigenvalue weighted by Crippen LogP contribution is 2.41. The zero-order chi connectivity index (χ0) is 25.8. The summed E-state index contributed by atoms with van der Waals surface area (Å²) in [7, 11) is 0. The Morgan fingerprint density at radius 1 is 1.08 bits per heavy atom. The molecule has 1 aliphatic heterocycles. The van der Waals surface area contributed by atoms with E-state index in [4.69, 9.17) is 16.3 Å². The lowest BCUT2D eigenvalue weighted by molar-refractivity contribution is -0.153. The van der Waals surface area contributed by atoms with Crippen molar-refractivity contribution >= 4 is 28.9 Å². The first-order chi connectivity index (χ1) is 16.9. The van der Waals surface area contributed by atoms with Crippen LogP contribution < -0.4 is 15.0 Å². The van der Waals surface area contributed by atoms with E-state index in [-0.39, 0.29) is 29.0 Å². The number of piperidine rings is 1. The molecule has 0 radical (unpaired) electrons. The van der Waals surface area contributed by atoms with Gasteiger partial charge in [-0.2, -0.15) is 31.3 Å². The van der Waals surface area contributed by atoms with Crippen LogP contribution in [0.2, 0.25) is 5.15 Å². The summed E-state index contributed by atoms with van der Waals surface area (Å²) < 4.78 is 97.8. The molecule has 3 aromatic heterocycles. The Bertz CT molecular complexity index is 1270. The lowest BCUT2D eigenvalue weighted by atomic mass is 9.92. The molecule has 15 heteroatoms. The molecule has 1 N–H and O–H groups in total. The van der Waals surface area contributed by atoms with Crippen LogP contribution in [-0.4, -0.2) is 51.5 Å². The monoisotopic (exact) mass is 538 g/mol. The van der Waals surface area contributed by atoms with Gasteiger partial charge < -0.3 is 15.0 Å². The highest BCUT2D eigenvalue weighted by atomic mass is 35.5. The van der Waals surface area contributed by atoms with Crippen molar-refractivity contribution in [1.82, 2.24) is 19.6 Å². The third-order valence-corrected chi connectivity index (χ3v) is 6.61. The number of ether oxygens (including phenoxy) is 1. The number of halogens is 8. The second-order valence-corrected chi connectivity index (χ2v) is 9.17. The van der Waals surface area contributed by atoms with Crippen LogP contribution in [0.4, 0.5) is 42.4 Å². The third-order valence-electron chi connectivity index (χ3n) is 6.40. The fourth-order valence-corrected chi connectivity index (χ4v) is 5.09. The fraction of sp³-hybridized carbons (Fsp3) is 0.476. The molecule has 4 heterocycles. The maximum atomic E-state index is 14.3. The number of nitrogens with one attached hydrogen (secondary N) is 1. The molecule has 3 atom stereocenters. The van der Waals surface area contributed by atoms with Crippen molar-refractivity contribution in [3.05, 3.63) is 41.1 Å². The van der Waals surface area contributed by atoms with E-state index in [2.05, 4.69) is 20.4 Å². The van der Waals surface area contributed by atoms with Crippen molar-refractivity contribution in [2.75, 3.05) is 29.9 Å². The molecule has 1 aliphatic carbocycles. The van der Waals surface area contributed by atoms with Crippen LogP contribution in [0.3, 0.4) is 0 Å². The van der Waals surface area contributed by atoms with Gasteiger partial charge in [0.2, 0.25) is 5.95 Å². The highest BCUT2D eigenvalue weighted by molar-refractivity contribution is 6.29. The zero-order valence-electron chi connectivity index (χ0n) is 18.2. The Kier molecular flexibility index (Phi) is 6.04. The van der Waals surface area contributed by atoms with Gasteiger partial charge in [-0.15, -0.1) is 5.10 Å². The van der Waals surface area contributed by atoms with E-state index in [1.165, 1.54) is 6.07 Å². The van der Waals surface area contributed by atoms with Crippen LogP contribution in [0.1, 0.15) is 18.5 Å². The predicted molar refractivity (Wildman–Crippen MR) is 115 cm³/mol. The van der Waals surface area contributed by atoms with Crippen molar-refractivity contribution < 1.29 is 35.5 Å². The van der Waals surface area contributed by atoms with E-state index in [1.807, 2.05) is 4.90 Å². The quantitative estimate of drug-likeness (QED) is 0.356. The average molecular weight is 539 g/mol. The molecular formula is C21H18ClF7N6O. The molecule has 0 aromatic carbocycles. The number of hydrogen-bond donors (Lipinski definition) is 1. The molecule has 1 saturated carbocycles. The molecule has 0 spiro atoms. The Hall–Kier alpha value is -3.03. The molecule has 2 aliphatic rings. The standard InChI is InChI=1S/C21H18ClF7N6O/c22-16-5-13(12(23)6-30-16)34-7-10-1-2-11(8-34)17(10)31-19-32-18-14(36-9-20(24,25)26)3-4-15(21(27,28)29)35(18)33-19/h3-6,10-11,17H,1-2,7-9H2,(H,31,33)/t10-,11+,17?. The van der Waals surface area contributed by atoms with Gasteiger partial charge in [0.05, 0.1) is 11.9 Å². The van der Waals surface area contributed by atoms with Crippen LogP contribution in [0.5, 0.6) is 5.75 Å².